The van der Waals surface area contributed by atoms with Crippen molar-refractivity contribution in [2.24, 2.45) is 0 Å². The van der Waals surface area contributed by atoms with Crippen LogP contribution in [-0.2, 0) is 47.2 Å². The van der Waals surface area contributed by atoms with Gasteiger partial charge in [0.15, 0.2) is 18.4 Å². The van der Waals surface area contributed by atoms with Gasteiger partial charge < -0.3 is 37.9 Å². The molecule has 7 rings (SSSR count). The molecule has 14 heteroatoms. The highest BCUT2D eigenvalue weighted by Crippen LogP contribution is 2.43. The predicted octanol–water partition coefficient (Wildman–Crippen LogP) is 6.90. The van der Waals surface area contributed by atoms with E-state index in [1.807, 2.05) is 91.0 Å². The molecule has 1 aliphatic heterocycles. The minimum absolute atomic E-state index is 0.131. The summed E-state index contributed by atoms with van der Waals surface area (Å²) in [4.78, 5) is 54.7. The number of H-pyrrole nitrogens is 1. The summed E-state index contributed by atoms with van der Waals surface area (Å²) in [5, 5.41) is 0. The lowest BCUT2D eigenvalue weighted by Crippen LogP contribution is -2.44. The van der Waals surface area contributed by atoms with Crippen LogP contribution in [0.5, 0.6) is 11.5 Å². The molecule has 4 atom stereocenters. The molecule has 0 aliphatic carbocycles. The smallest absolute Gasteiger partial charge is 0.497 e. The minimum atomic E-state index is -1.53. The number of ether oxygens (including phenoxy) is 8. The normalized spacial score (nSPS) is 17.3. The molecular weight excluding hydrogens is 773 g/mol. The fourth-order valence-corrected chi connectivity index (χ4v) is 6.97. The molecule has 0 amide bonds. The highest BCUT2D eigenvalue weighted by atomic mass is 16.8. The molecular formula is C46H42N2O12. The number of rotatable bonds is 15. The highest BCUT2D eigenvalue weighted by Gasteiger charge is 2.53. The first kappa shape index (κ1) is 41.0. The average molecular weight is 815 g/mol. The van der Waals surface area contributed by atoms with Crippen LogP contribution in [0.15, 0.2) is 161 Å². The quantitative estimate of drug-likeness (QED) is 0.0844. The average Bonchev–Trinajstić information content (AvgIpc) is 3.61. The predicted molar refractivity (Wildman–Crippen MR) is 216 cm³/mol. The van der Waals surface area contributed by atoms with Crippen LogP contribution in [0.25, 0.3) is 0 Å². The number of benzene rings is 5. The van der Waals surface area contributed by atoms with Crippen LogP contribution in [0, 0.1) is 0 Å². The van der Waals surface area contributed by atoms with Crippen molar-refractivity contribution in [1.82, 2.24) is 9.55 Å². The van der Waals surface area contributed by atoms with Crippen molar-refractivity contribution in [3.63, 3.8) is 0 Å². The van der Waals surface area contributed by atoms with E-state index in [0.29, 0.717) is 33.8 Å². The molecule has 14 nitrogen and oxygen atoms in total. The first-order valence-corrected chi connectivity index (χ1v) is 19.0. The summed E-state index contributed by atoms with van der Waals surface area (Å²) >= 11 is 0. The summed E-state index contributed by atoms with van der Waals surface area (Å²) in [6.07, 6.45) is -6.73. The standard InChI is InChI=1S/C46H42N2O12/c1-53-36-22-18-34(19-23-36)46(33-16-10-5-11-17-33,35-20-24-37(54-2)25-21-35)57-30-38-40(59-44(51)55-28-31-12-6-3-7-13-31)41(42(58-38)48-27-26-39(49)47-43(48)50)60-45(52)56-29-32-14-8-4-9-15-32/h3-27,38,40-42H,28-30H2,1-2H3,(H,47,49,50)/t38-,40?,41?,42-/m0/s1. The molecule has 1 aromatic heterocycles. The number of methoxy groups -OCH3 is 2. The van der Waals surface area contributed by atoms with Crippen LogP contribution in [0.3, 0.4) is 0 Å². The summed E-state index contributed by atoms with van der Waals surface area (Å²) in [6.45, 7) is -0.595. The molecule has 0 saturated carbocycles. The fourth-order valence-electron chi connectivity index (χ4n) is 6.97. The van der Waals surface area contributed by atoms with Gasteiger partial charge in [-0.3, -0.25) is 14.3 Å². The van der Waals surface area contributed by atoms with Crippen LogP contribution < -0.4 is 20.7 Å². The second-order valence-electron chi connectivity index (χ2n) is 13.6. The van der Waals surface area contributed by atoms with Crippen LogP contribution in [0.2, 0.25) is 0 Å². The van der Waals surface area contributed by atoms with E-state index >= 15 is 0 Å². The summed E-state index contributed by atoms with van der Waals surface area (Å²) in [5.41, 5.74) is 0.606. The van der Waals surface area contributed by atoms with Crippen LogP contribution in [0.4, 0.5) is 9.59 Å². The number of hydrogen-bond acceptors (Lipinski definition) is 12. The number of hydrogen-bond donors (Lipinski definition) is 1. The second-order valence-corrected chi connectivity index (χ2v) is 13.6. The van der Waals surface area contributed by atoms with Crippen LogP contribution in [-0.4, -0.2) is 61.0 Å². The Morgan fingerprint density at radius 1 is 0.617 bits per heavy atom. The van der Waals surface area contributed by atoms with Crippen LogP contribution >= 0.6 is 0 Å². The molecule has 6 aromatic rings. The third-order valence-electron chi connectivity index (χ3n) is 9.91. The molecule has 2 unspecified atom stereocenters. The zero-order valence-electron chi connectivity index (χ0n) is 32.7. The van der Waals surface area contributed by atoms with Crippen molar-refractivity contribution in [3.05, 3.63) is 200 Å². The van der Waals surface area contributed by atoms with Gasteiger partial charge in [-0.05, 0) is 52.1 Å². The van der Waals surface area contributed by atoms with Gasteiger partial charge >= 0.3 is 18.0 Å². The lowest BCUT2D eigenvalue weighted by molar-refractivity contribution is -0.100. The van der Waals surface area contributed by atoms with Gasteiger partial charge in [0, 0.05) is 12.3 Å². The molecule has 308 valence electrons. The van der Waals surface area contributed by atoms with Crippen molar-refractivity contribution in [1.29, 1.82) is 0 Å². The molecule has 1 N–H and O–H groups in total. The Morgan fingerprint density at radius 2 is 1.08 bits per heavy atom. The van der Waals surface area contributed by atoms with E-state index in [4.69, 9.17) is 37.9 Å². The Kier molecular flexibility index (Phi) is 13.0. The third kappa shape index (κ3) is 9.41. The topological polar surface area (TPSA) is 163 Å². The van der Waals surface area contributed by atoms with Gasteiger partial charge in [0.05, 0.1) is 20.8 Å². The minimum Gasteiger partial charge on any atom is -0.497 e. The van der Waals surface area contributed by atoms with E-state index < -0.39 is 53.7 Å². The van der Waals surface area contributed by atoms with E-state index in [-0.39, 0.29) is 19.8 Å². The number of nitrogens with one attached hydrogen (secondary N) is 1. The molecule has 0 radical (unpaired) electrons. The molecule has 0 bridgehead atoms. The Balaban J connectivity index is 1.29. The number of aromatic nitrogens is 2. The zero-order valence-corrected chi connectivity index (χ0v) is 32.7. The van der Waals surface area contributed by atoms with Crippen molar-refractivity contribution in [3.8, 4) is 11.5 Å². The van der Waals surface area contributed by atoms with E-state index in [1.165, 1.54) is 6.20 Å². The van der Waals surface area contributed by atoms with Gasteiger partial charge in [0.25, 0.3) is 5.56 Å². The number of nitrogens with zero attached hydrogens (tertiary/aromatic N) is 1. The molecule has 1 aliphatic rings. The first-order valence-electron chi connectivity index (χ1n) is 19.0. The number of aromatic amines is 1. The van der Waals surface area contributed by atoms with Gasteiger partial charge in [-0.15, -0.1) is 0 Å². The maximum Gasteiger partial charge on any atom is 0.509 e. The van der Waals surface area contributed by atoms with Gasteiger partial charge in [-0.25, -0.2) is 14.4 Å². The lowest BCUT2D eigenvalue weighted by atomic mass is 9.80. The molecule has 2 heterocycles. The van der Waals surface area contributed by atoms with Crippen LogP contribution in [0.1, 0.15) is 34.0 Å². The molecule has 60 heavy (non-hydrogen) atoms. The van der Waals surface area contributed by atoms with Crippen molar-refractivity contribution < 1.29 is 47.5 Å². The van der Waals surface area contributed by atoms with E-state index in [2.05, 4.69) is 4.98 Å². The molecule has 0 spiro atoms. The molecule has 1 fully saturated rings. The Morgan fingerprint density at radius 3 is 1.57 bits per heavy atom. The second kappa shape index (κ2) is 19.1. The number of carbonyl (C=O) groups excluding carboxylic acids is 2. The maximum absolute atomic E-state index is 13.5. The van der Waals surface area contributed by atoms with Crippen molar-refractivity contribution in [2.75, 3.05) is 20.8 Å². The summed E-state index contributed by atoms with van der Waals surface area (Å²) in [6, 6.07) is 43.2. The van der Waals surface area contributed by atoms with Gasteiger partial charge in [0.1, 0.15) is 36.4 Å². The monoisotopic (exact) mass is 814 g/mol. The van der Waals surface area contributed by atoms with E-state index in [9.17, 15) is 19.2 Å². The van der Waals surface area contributed by atoms with Crippen molar-refractivity contribution in [2.45, 2.75) is 43.4 Å². The van der Waals surface area contributed by atoms with Gasteiger partial charge in [0.2, 0.25) is 0 Å². The van der Waals surface area contributed by atoms with Gasteiger partial charge in [-0.1, -0.05) is 115 Å². The molecule has 5 aromatic carbocycles. The third-order valence-corrected chi connectivity index (χ3v) is 9.91. The SMILES string of the molecule is COc1ccc(C(OC[C@@H]2O[C@H](n3ccc(=O)[nH]c3=O)C(OC(=O)OCc3ccccc3)C2OC(=O)OCc2ccccc2)(c2ccccc2)c2ccc(OC)cc2)cc1. The summed E-state index contributed by atoms with van der Waals surface area (Å²) < 4.78 is 48.4. The summed E-state index contributed by atoms with van der Waals surface area (Å²) in [7, 11) is 3.14. The van der Waals surface area contributed by atoms with E-state index in [1.54, 1.807) is 62.8 Å². The van der Waals surface area contributed by atoms with Crippen molar-refractivity contribution >= 4 is 12.3 Å². The lowest BCUT2D eigenvalue weighted by Gasteiger charge is -2.37. The highest BCUT2D eigenvalue weighted by molar-refractivity contribution is 5.62. The first-order chi connectivity index (χ1) is 29.3. The van der Waals surface area contributed by atoms with E-state index in [0.717, 1.165) is 16.2 Å². The van der Waals surface area contributed by atoms with Gasteiger partial charge in [-0.2, -0.15) is 0 Å². The maximum atomic E-state index is 13.5. The summed E-state index contributed by atoms with van der Waals surface area (Å²) in [5.74, 6) is 1.23. The Hall–Kier alpha value is -7.16. The molecule has 1 saturated heterocycles. The zero-order chi connectivity index (χ0) is 41.9. The fraction of sp³-hybridized carbons (Fsp3) is 0.217. The Bertz CT molecular complexity index is 2390. The Labute approximate surface area is 344 Å². The number of carbonyl (C=O) groups is 2. The largest absolute Gasteiger partial charge is 0.509 e.